The maximum absolute atomic E-state index is 13.0. The van der Waals surface area contributed by atoms with Crippen molar-refractivity contribution in [3.05, 3.63) is 53.6 Å². The van der Waals surface area contributed by atoms with Crippen molar-refractivity contribution in [1.82, 2.24) is 0 Å². The van der Waals surface area contributed by atoms with Gasteiger partial charge in [-0.1, -0.05) is 65.0 Å². The Labute approximate surface area is 256 Å². The molecule has 0 saturated heterocycles. The van der Waals surface area contributed by atoms with Crippen molar-refractivity contribution in [3.8, 4) is 0 Å². The zero-order chi connectivity index (χ0) is 31.5. The number of carbonyl (C=O) groups is 2. The highest BCUT2D eigenvalue weighted by Gasteiger charge is 2.76. The van der Waals surface area contributed by atoms with Crippen LogP contribution in [-0.2, 0) is 4.79 Å². The first kappa shape index (κ1) is 30.6. The molecule has 0 radical (unpaired) electrons. The van der Waals surface area contributed by atoms with Gasteiger partial charge in [-0.2, -0.15) is 0 Å². The molecule has 0 unspecified atom stereocenters. The number of aliphatic hydroxyl groups excluding tert-OH is 2. The van der Waals surface area contributed by atoms with E-state index < -0.39 is 40.4 Å². The van der Waals surface area contributed by atoms with Crippen LogP contribution >= 0.6 is 0 Å². The Balaban J connectivity index is 1.43. The molecule has 6 rings (SSSR count). The third kappa shape index (κ3) is 3.72. The van der Waals surface area contributed by atoms with Crippen molar-refractivity contribution in [2.45, 2.75) is 98.7 Å². The minimum atomic E-state index is -0.941. The molecule has 43 heavy (non-hydrogen) atoms. The molecule has 11 atom stereocenters. The third-order valence-electron chi connectivity index (χ3n) is 14.6. The van der Waals surface area contributed by atoms with E-state index in [1.54, 1.807) is 12.1 Å². The Morgan fingerprint density at radius 1 is 0.884 bits per heavy atom. The lowest BCUT2D eigenvalue weighted by Crippen LogP contribution is -2.73. The maximum Gasteiger partial charge on any atom is 0.335 e. The number of carboxylic acids is 2. The second kappa shape index (κ2) is 9.53. The number of benzene rings is 1. The average molecular weight is 591 g/mol. The fourth-order valence-electron chi connectivity index (χ4n) is 12.4. The molecule has 4 saturated carbocycles. The van der Waals surface area contributed by atoms with Crippen LogP contribution in [0.4, 0.5) is 0 Å². The Hall–Kier alpha value is -2.44. The van der Waals surface area contributed by atoms with Crippen molar-refractivity contribution >= 4 is 17.5 Å². The monoisotopic (exact) mass is 590 g/mol. The van der Waals surface area contributed by atoms with Crippen LogP contribution in [-0.4, -0.2) is 44.6 Å². The van der Waals surface area contributed by atoms with E-state index >= 15 is 0 Å². The summed E-state index contributed by atoms with van der Waals surface area (Å²) in [6, 6.07) is 7.14. The lowest BCUT2D eigenvalue weighted by atomic mass is 9.31. The van der Waals surface area contributed by atoms with Gasteiger partial charge in [0.1, 0.15) is 0 Å². The minimum Gasteiger partial charge on any atom is -0.481 e. The van der Waals surface area contributed by atoms with Crippen LogP contribution in [0.5, 0.6) is 0 Å². The molecular formula is C37H50O6. The van der Waals surface area contributed by atoms with Crippen molar-refractivity contribution in [1.29, 1.82) is 0 Å². The first-order valence-corrected chi connectivity index (χ1v) is 16.3. The van der Waals surface area contributed by atoms with Crippen molar-refractivity contribution < 1.29 is 30.0 Å². The van der Waals surface area contributed by atoms with Crippen LogP contribution in [0.1, 0.15) is 102 Å². The second-order valence-corrected chi connectivity index (χ2v) is 16.2. The number of rotatable bonds is 4. The highest BCUT2D eigenvalue weighted by Crippen LogP contribution is 2.77. The van der Waals surface area contributed by atoms with Crippen LogP contribution in [0, 0.1) is 56.7 Å². The van der Waals surface area contributed by atoms with Crippen LogP contribution in [0.25, 0.3) is 5.57 Å². The van der Waals surface area contributed by atoms with Gasteiger partial charge < -0.3 is 20.4 Å². The van der Waals surface area contributed by atoms with E-state index in [1.807, 2.05) is 19.1 Å². The molecule has 0 bridgehead atoms. The van der Waals surface area contributed by atoms with Gasteiger partial charge in [0.25, 0.3) is 0 Å². The predicted octanol–water partition coefficient (Wildman–Crippen LogP) is 7.06. The lowest BCUT2D eigenvalue weighted by molar-refractivity contribution is -0.294. The predicted molar refractivity (Wildman–Crippen MR) is 166 cm³/mol. The third-order valence-corrected chi connectivity index (χ3v) is 14.6. The van der Waals surface area contributed by atoms with Gasteiger partial charge in [0.2, 0.25) is 0 Å². The quantitative estimate of drug-likeness (QED) is 0.279. The summed E-state index contributed by atoms with van der Waals surface area (Å²) in [6.45, 7) is 17.6. The van der Waals surface area contributed by atoms with E-state index in [2.05, 4.69) is 47.3 Å². The van der Waals surface area contributed by atoms with E-state index in [0.717, 1.165) is 36.8 Å². The zero-order valence-corrected chi connectivity index (χ0v) is 26.7. The molecule has 1 aromatic rings. The first-order valence-electron chi connectivity index (χ1n) is 16.3. The molecule has 5 aliphatic rings. The molecular weight excluding hydrogens is 540 g/mol. The van der Waals surface area contributed by atoms with Gasteiger partial charge in [0.05, 0.1) is 23.2 Å². The van der Waals surface area contributed by atoms with Crippen LogP contribution in [0.2, 0.25) is 0 Å². The molecule has 4 N–H and O–H groups in total. The van der Waals surface area contributed by atoms with E-state index in [1.165, 1.54) is 5.57 Å². The lowest BCUT2D eigenvalue weighted by Gasteiger charge is -2.74. The number of allylic oxidation sites excluding steroid dienone is 3. The van der Waals surface area contributed by atoms with Gasteiger partial charge in [0.15, 0.2) is 0 Å². The van der Waals surface area contributed by atoms with Crippen LogP contribution in [0.15, 0.2) is 42.5 Å². The highest BCUT2D eigenvalue weighted by atomic mass is 16.4. The molecule has 234 valence electrons. The fourth-order valence-corrected chi connectivity index (χ4v) is 12.4. The van der Waals surface area contributed by atoms with Crippen molar-refractivity contribution in [3.63, 3.8) is 0 Å². The summed E-state index contributed by atoms with van der Waals surface area (Å²) in [6.07, 6.45) is 5.69. The smallest absolute Gasteiger partial charge is 0.335 e. The standard InChI is InChI=1S/C37H50O6/c1-20(2)23-14-17-37(32(42)43)19-29(39)35(6)25(30(23)37)12-13-26-34(5)16-15-24(21-8-10-22(11-9-21)31(40)41)33(3,4)27(34)18-28(38)36(26,35)7/h8-11,15,23,25-30,38-39H,1,12-14,16-19H2,2-7H3,(H,40,41)(H,42,43)/t23-,25+,26+,27-,28-,29-,30+,34+,35-,36-,37-/m0/s1. The van der Waals surface area contributed by atoms with E-state index in [4.69, 9.17) is 0 Å². The number of aliphatic hydroxyl groups is 2. The largest absolute Gasteiger partial charge is 0.481 e. The molecule has 0 spiro atoms. The Kier molecular flexibility index (Phi) is 6.78. The molecule has 0 aromatic heterocycles. The zero-order valence-electron chi connectivity index (χ0n) is 26.7. The van der Waals surface area contributed by atoms with E-state index in [9.17, 15) is 30.0 Å². The molecule has 0 heterocycles. The van der Waals surface area contributed by atoms with E-state index in [0.29, 0.717) is 12.8 Å². The van der Waals surface area contributed by atoms with Crippen molar-refractivity contribution in [2.24, 2.45) is 56.7 Å². The first-order chi connectivity index (χ1) is 20.0. The Bertz CT molecular complexity index is 1390. The summed E-state index contributed by atoms with van der Waals surface area (Å²) in [5.41, 5.74) is 0.979. The fraction of sp³-hybridized carbons (Fsp3) is 0.676. The Morgan fingerprint density at radius 2 is 1.53 bits per heavy atom. The molecule has 1 aromatic carbocycles. The summed E-state index contributed by atoms with van der Waals surface area (Å²) < 4.78 is 0. The summed E-state index contributed by atoms with van der Waals surface area (Å²) in [4.78, 5) is 24.4. The normalized spacial score (nSPS) is 46.4. The Morgan fingerprint density at radius 3 is 2.12 bits per heavy atom. The number of fused-ring (bicyclic) bond motifs is 7. The summed E-state index contributed by atoms with van der Waals surface area (Å²) in [7, 11) is 0. The van der Waals surface area contributed by atoms with Gasteiger partial charge in [-0.3, -0.25) is 4.79 Å². The second-order valence-electron chi connectivity index (χ2n) is 16.2. The SMILES string of the molecule is C=C(C)[C@@H]1CC[C@]2(C(=O)O)C[C@H](O)[C@]3(C)[C@H](CC[C@@H]4[C@@]5(C)CC=C(c6ccc(C(=O)O)cc6)C(C)(C)[C@@H]5C[C@H](O)[C@]43C)[C@@H]12. The number of aromatic carboxylic acids is 1. The number of aliphatic carboxylic acids is 1. The number of carboxylic acid groups (broad SMARTS) is 2. The molecule has 5 aliphatic carbocycles. The number of hydrogen-bond donors (Lipinski definition) is 4. The highest BCUT2D eigenvalue weighted by molar-refractivity contribution is 5.88. The minimum absolute atomic E-state index is 0.0111. The maximum atomic E-state index is 13.0. The van der Waals surface area contributed by atoms with Crippen LogP contribution in [0.3, 0.4) is 0 Å². The molecule has 0 amide bonds. The molecule has 4 fully saturated rings. The van der Waals surface area contributed by atoms with Gasteiger partial charge in [0, 0.05) is 10.8 Å². The summed E-state index contributed by atoms with van der Waals surface area (Å²) in [5, 5.41) is 44.6. The number of hydrogen-bond acceptors (Lipinski definition) is 4. The van der Waals surface area contributed by atoms with Crippen molar-refractivity contribution in [2.75, 3.05) is 0 Å². The van der Waals surface area contributed by atoms with E-state index in [-0.39, 0.29) is 52.4 Å². The van der Waals surface area contributed by atoms with Gasteiger partial charge in [-0.25, -0.2) is 4.79 Å². The van der Waals surface area contributed by atoms with Crippen LogP contribution < -0.4 is 0 Å². The van der Waals surface area contributed by atoms with Gasteiger partial charge >= 0.3 is 11.9 Å². The summed E-state index contributed by atoms with van der Waals surface area (Å²) in [5.74, 6) is -1.37. The molecule has 0 aliphatic heterocycles. The van der Waals surface area contributed by atoms with Gasteiger partial charge in [-0.05, 0) is 116 Å². The molecule has 6 nitrogen and oxygen atoms in total. The molecule has 6 heteroatoms. The topological polar surface area (TPSA) is 115 Å². The average Bonchev–Trinajstić information content (AvgIpc) is 3.32. The summed E-state index contributed by atoms with van der Waals surface area (Å²) >= 11 is 0. The van der Waals surface area contributed by atoms with Gasteiger partial charge in [-0.15, -0.1) is 0 Å².